The highest BCUT2D eigenvalue weighted by Gasteiger charge is 2.55. The van der Waals surface area contributed by atoms with E-state index in [1.165, 1.54) is 0 Å². The van der Waals surface area contributed by atoms with Gasteiger partial charge in [0.1, 0.15) is 11.4 Å². The van der Waals surface area contributed by atoms with E-state index in [1.54, 1.807) is 6.20 Å². The van der Waals surface area contributed by atoms with Gasteiger partial charge < -0.3 is 29.7 Å². The highest BCUT2D eigenvalue weighted by atomic mass is 16.5. The van der Waals surface area contributed by atoms with Crippen molar-refractivity contribution < 1.29 is 19.4 Å². The van der Waals surface area contributed by atoms with Crippen LogP contribution in [-0.4, -0.2) is 85.2 Å². The van der Waals surface area contributed by atoms with Crippen molar-refractivity contribution >= 4 is 17.7 Å². The van der Waals surface area contributed by atoms with E-state index < -0.39 is 5.60 Å². The lowest BCUT2D eigenvalue weighted by atomic mass is 9.52. The molecule has 0 aromatic carbocycles. The van der Waals surface area contributed by atoms with Crippen molar-refractivity contribution in [3.05, 3.63) is 11.8 Å². The summed E-state index contributed by atoms with van der Waals surface area (Å²) in [6.07, 6.45) is 6.50. The fourth-order valence-electron chi connectivity index (χ4n) is 6.90. The van der Waals surface area contributed by atoms with Crippen LogP contribution in [0.15, 0.2) is 6.20 Å². The third-order valence-electron chi connectivity index (χ3n) is 8.14. The molecule has 2 atom stereocenters. The van der Waals surface area contributed by atoms with Gasteiger partial charge in [0.05, 0.1) is 32.0 Å². The molecule has 1 aromatic rings. The molecule has 4 bridgehead atoms. The Hall–Kier alpha value is -1.97. The number of anilines is 2. The van der Waals surface area contributed by atoms with Gasteiger partial charge in [-0.15, -0.1) is 0 Å². The van der Waals surface area contributed by atoms with Gasteiger partial charge in [0.25, 0.3) is 5.91 Å². The molecule has 6 aliphatic rings. The molecule has 9 heteroatoms. The largest absolute Gasteiger partial charge is 0.390 e. The first kappa shape index (κ1) is 20.6. The number of amides is 1. The van der Waals surface area contributed by atoms with Gasteiger partial charge in [0.15, 0.2) is 0 Å². The molecule has 3 heterocycles. The third-order valence-corrected chi connectivity index (χ3v) is 8.14. The molecule has 2 unspecified atom stereocenters. The van der Waals surface area contributed by atoms with E-state index in [4.69, 9.17) is 14.5 Å². The monoisotopic (exact) mass is 443 g/mol. The van der Waals surface area contributed by atoms with Crippen LogP contribution >= 0.6 is 0 Å². The predicted molar refractivity (Wildman–Crippen MR) is 118 cm³/mol. The predicted octanol–water partition coefficient (Wildman–Crippen LogP) is 0.819. The maximum atomic E-state index is 13.5. The van der Waals surface area contributed by atoms with Crippen LogP contribution in [0.1, 0.15) is 42.5 Å². The average Bonchev–Trinajstić information content (AvgIpc) is 2.81. The summed E-state index contributed by atoms with van der Waals surface area (Å²) in [6, 6.07) is 0.135. The number of morpholine rings is 2. The van der Waals surface area contributed by atoms with E-state index >= 15 is 0 Å². The van der Waals surface area contributed by atoms with Gasteiger partial charge in [-0.05, 0) is 49.9 Å². The molecule has 174 valence electrons. The molecular formula is C23H33N5O4. The number of nitrogens with one attached hydrogen (secondary N) is 1. The first-order chi connectivity index (χ1) is 15.6. The van der Waals surface area contributed by atoms with Crippen molar-refractivity contribution in [2.75, 3.05) is 62.4 Å². The molecule has 4 aliphatic carbocycles. The number of carbonyl (C=O) groups is 1. The van der Waals surface area contributed by atoms with Crippen molar-refractivity contribution in [3.63, 3.8) is 0 Å². The summed E-state index contributed by atoms with van der Waals surface area (Å²) in [5, 5.41) is 14.2. The van der Waals surface area contributed by atoms with Gasteiger partial charge in [0, 0.05) is 38.4 Å². The molecule has 0 radical (unpaired) electrons. The Morgan fingerprint density at radius 1 is 1.00 bits per heavy atom. The minimum atomic E-state index is -0.500. The number of aliphatic hydroxyl groups is 1. The van der Waals surface area contributed by atoms with Crippen LogP contribution in [0, 0.1) is 17.8 Å². The van der Waals surface area contributed by atoms with Crippen molar-refractivity contribution in [1.82, 2.24) is 15.3 Å². The fraction of sp³-hybridized carbons (Fsp3) is 0.783. The lowest BCUT2D eigenvalue weighted by molar-refractivity contribution is -0.136. The van der Waals surface area contributed by atoms with E-state index in [1.807, 2.05) is 0 Å². The van der Waals surface area contributed by atoms with E-state index in [2.05, 4.69) is 20.1 Å². The van der Waals surface area contributed by atoms with Gasteiger partial charge in [-0.1, -0.05) is 0 Å². The summed E-state index contributed by atoms with van der Waals surface area (Å²) in [5.74, 6) is 2.62. The Morgan fingerprint density at radius 3 is 2.25 bits per heavy atom. The molecule has 2 aliphatic heterocycles. The molecule has 4 saturated carbocycles. The smallest absolute Gasteiger partial charge is 0.256 e. The van der Waals surface area contributed by atoms with Crippen LogP contribution in [0.25, 0.3) is 0 Å². The summed E-state index contributed by atoms with van der Waals surface area (Å²) in [6.45, 7) is 5.52. The second-order valence-electron chi connectivity index (χ2n) is 10.3. The summed E-state index contributed by atoms with van der Waals surface area (Å²) in [5.41, 5.74) is 0.0380. The zero-order valence-corrected chi connectivity index (χ0v) is 18.5. The zero-order valence-electron chi connectivity index (χ0n) is 18.5. The molecule has 2 N–H and O–H groups in total. The lowest BCUT2D eigenvalue weighted by Gasteiger charge is -2.58. The van der Waals surface area contributed by atoms with E-state index in [0.717, 1.165) is 45.2 Å². The van der Waals surface area contributed by atoms with E-state index in [-0.39, 0.29) is 11.9 Å². The quantitative estimate of drug-likeness (QED) is 0.706. The first-order valence-electron chi connectivity index (χ1n) is 12.1. The van der Waals surface area contributed by atoms with Gasteiger partial charge >= 0.3 is 0 Å². The van der Waals surface area contributed by atoms with Crippen LogP contribution in [0.5, 0.6) is 0 Å². The molecule has 7 rings (SSSR count). The Morgan fingerprint density at radius 2 is 1.62 bits per heavy atom. The van der Waals surface area contributed by atoms with Gasteiger partial charge in [0.2, 0.25) is 5.95 Å². The van der Waals surface area contributed by atoms with Crippen molar-refractivity contribution in [2.45, 2.75) is 43.7 Å². The second-order valence-corrected chi connectivity index (χ2v) is 10.3. The highest BCUT2D eigenvalue weighted by molar-refractivity contribution is 5.99. The number of carbonyl (C=O) groups excluding carboxylic acids is 1. The average molecular weight is 444 g/mol. The van der Waals surface area contributed by atoms with Gasteiger partial charge in [-0.25, -0.2) is 4.98 Å². The molecule has 9 nitrogen and oxygen atoms in total. The van der Waals surface area contributed by atoms with E-state index in [0.29, 0.717) is 74.6 Å². The Bertz CT molecular complexity index is 854. The maximum Gasteiger partial charge on any atom is 0.256 e. The number of hydrogen-bond acceptors (Lipinski definition) is 8. The molecule has 1 aromatic heterocycles. The molecule has 2 saturated heterocycles. The Balaban J connectivity index is 1.25. The Labute approximate surface area is 188 Å². The zero-order chi connectivity index (χ0) is 21.7. The topological polar surface area (TPSA) is 100 Å². The van der Waals surface area contributed by atoms with Gasteiger partial charge in [-0.2, -0.15) is 4.98 Å². The van der Waals surface area contributed by atoms with Crippen LogP contribution in [-0.2, 0) is 9.47 Å². The molecule has 1 amide bonds. The standard InChI is InChI=1S/C23H33N5O4/c29-21(25-19-16-9-15-10-17(19)13-23(30,11-15)12-16)18-14-24-22(28-3-7-32-8-4-28)26-20(18)27-1-5-31-6-2-27/h14-17,19,30H,1-13H2,(H,25,29). The fourth-order valence-corrected chi connectivity index (χ4v) is 6.90. The summed E-state index contributed by atoms with van der Waals surface area (Å²) in [4.78, 5) is 27.2. The van der Waals surface area contributed by atoms with Crippen LogP contribution < -0.4 is 15.1 Å². The highest BCUT2D eigenvalue weighted by Crippen LogP contribution is 2.55. The number of nitrogens with zero attached hydrogens (tertiary/aromatic N) is 4. The maximum absolute atomic E-state index is 13.5. The number of rotatable bonds is 4. The molecular weight excluding hydrogens is 410 g/mol. The summed E-state index contributed by atoms with van der Waals surface area (Å²) < 4.78 is 11.0. The third kappa shape index (κ3) is 3.74. The van der Waals surface area contributed by atoms with Crippen molar-refractivity contribution in [3.8, 4) is 0 Å². The number of hydrogen-bond donors (Lipinski definition) is 2. The van der Waals surface area contributed by atoms with Crippen molar-refractivity contribution in [2.24, 2.45) is 17.8 Å². The molecule has 32 heavy (non-hydrogen) atoms. The lowest BCUT2D eigenvalue weighted by Crippen LogP contribution is -2.61. The summed E-state index contributed by atoms with van der Waals surface area (Å²) in [7, 11) is 0. The molecule has 0 spiro atoms. The first-order valence-corrected chi connectivity index (χ1v) is 12.1. The van der Waals surface area contributed by atoms with Crippen LogP contribution in [0.2, 0.25) is 0 Å². The number of ether oxygens (including phenoxy) is 2. The normalized spacial score (nSPS) is 36.4. The summed E-state index contributed by atoms with van der Waals surface area (Å²) >= 11 is 0. The number of aromatic nitrogens is 2. The molecule has 6 fully saturated rings. The minimum Gasteiger partial charge on any atom is -0.390 e. The minimum absolute atomic E-state index is 0.0931. The van der Waals surface area contributed by atoms with Gasteiger partial charge in [-0.3, -0.25) is 4.79 Å². The van der Waals surface area contributed by atoms with Crippen LogP contribution in [0.3, 0.4) is 0 Å². The van der Waals surface area contributed by atoms with Crippen molar-refractivity contribution in [1.29, 1.82) is 0 Å². The Kier molecular flexibility index (Phi) is 5.23. The van der Waals surface area contributed by atoms with Crippen LogP contribution in [0.4, 0.5) is 11.8 Å². The van der Waals surface area contributed by atoms with E-state index in [9.17, 15) is 9.90 Å². The second kappa shape index (κ2) is 8.11. The SMILES string of the molecule is O=C(NC1C2CC3CC1CC(O)(C3)C2)c1cnc(N2CCOCC2)nc1N1CCOCC1.